The molecule has 0 atom stereocenters. The van der Waals surface area contributed by atoms with Crippen LogP contribution in [0.5, 0.6) is 0 Å². The van der Waals surface area contributed by atoms with Crippen molar-refractivity contribution in [1.82, 2.24) is 0 Å². The average Bonchev–Trinajstić information content (AvgIpc) is 2.90. The normalized spacial score (nSPS) is 12.6. The van der Waals surface area contributed by atoms with Crippen LogP contribution < -0.4 is 0 Å². The summed E-state index contributed by atoms with van der Waals surface area (Å²) in [6.45, 7) is 0. The highest BCUT2D eigenvalue weighted by molar-refractivity contribution is 8.14. The molecule has 0 unspecified atom stereocenters. The maximum atomic E-state index is 11.9. The van der Waals surface area contributed by atoms with Gasteiger partial charge in [-0.05, 0) is 81.9 Å². The summed E-state index contributed by atoms with van der Waals surface area (Å²) in [7, 11) is 5.75. The van der Waals surface area contributed by atoms with Crippen molar-refractivity contribution in [3.63, 3.8) is 0 Å². The van der Waals surface area contributed by atoms with E-state index in [1.54, 1.807) is 0 Å². The predicted molar refractivity (Wildman–Crippen MR) is 163 cm³/mol. The van der Waals surface area contributed by atoms with Gasteiger partial charge in [-0.15, -0.1) is 0 Å². The highest BCUT2D eigenvalue weighted by Crippen LogP contribution is 2.38. The van der Waals surface area contributed by atoms with Crippen molar-refractivity contribution in [2.75, 3.05) is 0 Å². The van der Waals surface area contributed by atoms with E-state index >= 15 is 0 Å². The highest BCUT2D eigenvalue weighted by Gasteiger charge is 2.21. The molecule has 0 aliphatic carbocycles. The maximum absolute atomic E-state index is 11.9. The predicted octanol–water partition coefficient (Wildman–Crippen LogP) is 6.40. The van der Waals surface area contributed by atoms with Gasteiger partial charge in [0.1, 0.15) is 0 Å². The molecule has 0 amide bonds. The van der Waals surface area contributed by atoms with Crippen LogP contribution in [-0.4, -0.2) is 33.7 Å². The second kappa shape index (κ2) is 11.9. The van der Waals surface area contributed by atoms with Gasteiger partial charge in [-0.2, -0.15) is 0 Å². The van der Waals surface area contributed by atoms with Crippen LogP contribution in [0.1, 0.15) is 22.3 Å². The summed E-state index contributed by atoms with van der Waals surface area (Å²) in [6, 6.07) is 22.0. The van der Waals surface area contributed by atoms with Crippen molar-refractivity contribution in [1.29, 1.82) is 0 Å². The Morgan fingerprint density at radius 3 is 0.571 bits per heavy atom. The van der Waals surface area contributed by atoms with E-state index in [9.17, 15) is 33.7 Å². The van der Waals surface area contributed by atoms with Crippen molar-refractivity contribution in [3.05, 3.63) is 119 Å². The van der Waals surface area contributed by atoms with Crippen molar-refractivity contribution in [2.24, 2.45) is 0 Å². The van der Waals surface area contributed by atoms with E-state index in [0.717, 1.165) is 0 Å². The summed E-state index contributed by atoms with van der Waals surface area (Å²) in [5.41, 5.74) is 2.62. The number of rotatable bonds is 8. The quantitative estimate of drug-likeness (QED) is 0.150. The van der Waals surface area contributed by atoms with Crippen LogP contribution in [0.3, 0.4) is 0 Å². The first-order valence-corrected chi connectivity index (χ1v) is 20.5. The molecular formula is C26H16Cl4O8S4. The van der Waals surface area contributed by atoms with E-state index in [-0.39, 0.29) is 19.6 Å². The zero-order chi connectivity index (χ0) is 31.1. The lowest BCUT2D eigenvalue weighted by molar-refractivity contribution is 0.608. The first-order valence-electron chi connectivity index (χ1n) is 11.3. The second-order valence-corrected chi connectivity index (χ2v) is 18.9. The van der Waals surface area contributed by atoms with E-state index in [1.165, 1.54) is 97.1 Å². The molecule has 0 saturated heterocycles. The molecule has 4 aromatic carbocycles. The van der Waals surface area contributed by atoms with E-state index < -0.39 is 36.2 Å². The van der Waals surface area contributed by atoms with Crippen molar-refractivity contribution in [3.8, 4) is 0 Å². The fourth-order valence-electron chi connectivity index (χ4n) is 4.05. The van der Waals surface area contributed by atoms with E-state index in [2.05, 4.69) is 0 Å². The third-order valence-corrected chi connectivity index (χ3v) is 11.4. The molecule has 0 N–H and O–H groups in total. The number of hydrogen-bond acceptors (Lipinski definition) is 8. The van der Waals surface area contributed by atoms with Crippen LogP contribution in [-0.2, 0) is 36.2 Å². The lowest BCUT2D eigenvalue weighted by Crippen LogP contribution is -2.00. The molecule has 0 fully saturated rings. The Labute approximate surface area is 260 Å². The van der Waals surface area contributed by atoms with Crippen LogP contribution >= 0.6 is 42.7 Å². The van der Waals surface area contributed by atoms with Gasteiger partial charge < -0.3 is 0 Å². The van der Waals surface area contributed by atoms with E-state index in [1.807, 2.05) is 0 Å². The summed E-state index contributed by atoms with van der Waals surface area (Å²) < 4.78 is 95.1. The molecule has 0 spiro atoms. The fraction of sp³-hybridized carbons (Fsp3) is 0. The summed E-state index contributed by atoms with van der Waals surface area (Å²) in [4.78, 5) is -0.701. The maximum Gasteiger partial charge on any atom is 0.261 e. The molecule has 16 heteroatoms. The molecule has 0 saturated carbocycles. The molecule has 0 aliphatic rings. The standard InChI is InChI=1S/C26H16Cl4O8S4/c27-39(31,32)21-9-1-17(2-10-21)25(18-3-11-22(12-4-18)40(28,33)34)26(19-5-13-23(14-6-19)41(29,35)36)20-7-15-24(16-8-20)42(30,37)38/h1-16H. The Morgan fingerprint density at radius 1 is 0.310 bits per heavy atom. The Morgan fingerprint density at radius 2 is 0.452 bits per heavy atom. The molecule has 0 aromatic heterocycles. The first kappa shape index (κ1) is 32.5. The molecule has 0 heterocycles. The van der Waals surface area contributed by atoms with Crippen molar-refractivity contribution in [2.45, 2.75) is 19.6 Å². The number of hydrogen-bond donors (Lipinski definition) is 0. The molecule has 0 bridgehead atoms. The molecule has 42 heavy (non-hydrogen) atoms. The summed E-state index contributed by atoms with van der Waals surface area (Å²) in [5, 5.41) is 0. The SMILES string of the molecule is O=S(=O)(Cl)c1ccc(C(=C(c2ccc(S(=O)(=O)Cl)cc2)c2ccc(S(=O)(=O)Cl)cc2)c2ccc(S(=O)(=O)Cl)cc2)cc1. The van der Waals surface area contributed by atoms with Crippen molar-refractivity contribution >= 4 is 90.1 Å². The largest absolute Gasteiger partial charge is 0.261 e. The van der Waals surface area contributed by atoms with Gasteiger partial charge in [0.05, 0.1) is 19.6 Å². The fourth-order valence-corrected chi connectivity index (χ4v) is 7.13. The van der Waals surface area contributed by atoms with Crippen molar-refractivity contribution < 1.29 is 33.7 Å². The van der Waals surface area contributed by atoms with E-state index in [4.69, 9.17) is 42.7 Å². The van der Waals surface area contributed by atoms with Gasteiger partial charge in [0.25, 0.3) is 36.2 Å². The Balaban J connectivity index is 2.11. The molecule has 0 aliphatic heterocycles. The van der Waals surface area contributed by atoms with Crippen LogP contribution in [0.25, 0.3) is 11.1 Å². The third-order valence-electron chi connectivity index (χ3n) is 5.95. The van der Waals surface area contributed by atoms with Gasteiger partial charge >= 0.3 is 0 Å². The van der Waals surface area contributed by atoms with Crippen LogP contribution in [0.4, 0.5) is 0 Å². The molecule has 4 rings (SSSR count). The Hall–Kier alpha value is -2.42. The smallest absolute Gasteiger partial charge is 0.207 e. The molecular weight excluding hydrogens is 710 g/mol. The second-order valence-electron chi connectivity index (χ2n) is 8.60. The lowest BCUT2D eigenvalue weighted by Gasteiger charge is -2.19. The summed E-state index contributed by atoms with van der Waals surface area (Å²) in [5.74, 6) is 0. The van der Waals surface area contributed by atoms with E-state index in [0.29, 0.717) is 33.4 Å². The number of halogens is 4. The van der Waals surface area contributed by atoms with Gasteiger partial charge in [0.2, 0.25) is 0 Å². The Bertz CT molecular complexity index is 1810. The summed E-state index contributed by atoms with van der Waals surface area (Å²) in [6.07, 6.45) is 0. The first-order chi connectivity index (χ1) is 19.4. The van der Waals surface area contributed by atoms with Crippen LogP contribution in [0.2, 0.25) is 0 Å². The average molecular weight is 726 g/mol. The van der Waals surface area contributed by atoms with Gasteiger partial charge in [-0.3, -0.25) is 0 Å². The molecule has 8 nitrogen and oxygen atoms in total. The minimum Gasteiger partial charge on any atom is -0.207 e. The van der Waals surface area contributed by atoms with Gasteiger partial charge in [-0.1, -0.05) is 48.5 Å². The minimum atomic E-state index is -4.06. The van der Waals surface area contributed by atoms with Gasteiger partial charge in [0.15, 0.2) is 0 Å². The molecule has 0 radical (unpaired) electrons. The van der Waals surface area contributed by atoms with Gasteiger partial charge in [-0.25, -0.2) is 33.7 Å². The van der Waals surface area contributed by atoms with Crippen LogP contribution in [0, 0.1) is 0 Å². The monoisotopic (exact) mass is 724 g/mol. The van der Waals surface area contributed by atoms with Crippen LogP contribution in [0.15, 0.2) is 117 Å². The highest BCUT2D eigenvalue weighted by atomic mass is 35.7. The minimum absolute atomic E-state index is 0.175. The summed E-state index contributed by atoms with van der Waals surface area (Å²) >= 11 is 0. The molecule has 4 aromatic rings. The zero-order valence-corrected chi connectivity index (χ0v) is 26.9. The number of benzene rings is 4. The lowest BCUT2D eigenvalue weighted by atomic mass is 9.86. The van der Waals surface area contributed by atoms with Gasteiger partial charge in [0, 0.05) is 42.7 Å². The zero-order valence-electron chi connectivity index (χ0n) is 20.6. The third kappa shape index (κ3) is 7.56. The topological polar surface area (TPSA) is 137 Å². The Kier molecular flexibility index (Phi) is 9.23. The molecule has 220 valence electrons.